The number of aryl methyl sites for hydroxylation is 1. The zero-order chi connectivity index (χ0) is 24.1. The normalized spacial score (nSPS) is 33.5. The van der Waals surface area contributed by atoms with Crippen LogP contribution in [0, 0.1) is 5.92 Å². The highest BCUT2D eigenvalue weighted by Gasteiger charge is 2.49. The number of phenolic OH excluding ortho intramolecular Hbond substituents is 1. The fraction of sp³-hybridized carbons (Fsp3) is 0.577. The molecule has 0 amide bonds. The predicted octanol–water partition coefficient (Wildman–Crippen LogP) is 2.19. The summed E-state index contributed by atoms with van der Waals surface area (Å²) in [7, 11) is 0. The number of rotatable bonds is 6. The SMILES string of the molecule is CCc1cc(O)ccc1C1CCC2C(c3ncc(C4=C[C@H](CO)N(C5COC5)C4)[nH]3)NNC2C1F. The lowest BCUT2D eigenvalue weighted by atomic mass is 9.71. The standard InChI is InChI=1S/C26H34FN5O3/c1-2-14-8-18(34)3-4-19(14)20-5-6-21-24(23(20)27)30-31-25(21)26-28-9-22(29-26)15-7-16(11-33)32(10-15)17-12-35-13-17/h3-4,7-9,16-17,20-21,23-25,30-31,33-34H,2,5-6,10-13H2,1H3,(H,28,29)/t16-,20?,21?,23?,24?,25?/m1/s1. The number of imidazole rings is 1. The molecule has 1 aliphatic carbocycles. The number of H-pyrrole nitrogens is 1. The molecule has 9 heteroatoms. The van der Waals surface area contributed by atoms with Crippen LogP contribution in [0.1, 0.15) is 54.4 Å². The summed E-state index contributed by atoms with van der Waals surface area (Å²) in [5.74, 6) is 0.952. The predicted molar refractivity (Wildman–Crippen MR) is 129 cm³/mol. The number of nitrogens with zero attached hydrogens (tertiary/aromatic N) is 2. The van der Waals surface area contributed by atoms with Crippen LogP contribution in [0.25, 0.3) is 5.57 Å². The number of aromatic amines is 1. The van der Waals surface area contributed by atoms with Gasteiger partial charge >= 0.3 is 0 Å². The molecule has 1 aromatic carbocycles. The minimum Gasteiger partial charge on any atom is -0.508 e. The van der Waals surface area contributed by atoms with Crippen LogP contribution in [-0.2, 0) is 11.2 Å². The summed E-state index contributed by atoms with van der Waals surface area (Å²) < 4.78 is 21.2. The van der Waals surface area contributed by atoms with Gasteiger partial charge in [-0.2, -0.15) is 0 Å². The average molecular weight is 484 g/mol. The van der Waals surface area contributed by atoms with E-state index in [1.165, 1.54) is 0 Å². The fourth-order valence-corrected chi connectivity index (χ4v) is 6.41. The summed E-state index contributed by atoms with van der Waals surface area (Å²) in [5.41, 5.74) is 10.7. The second-order valence-electron chi connectivity index (χ2n) is 10.3. The number of aliphatic hydroxyl groups excluding tert-OH is 1. The molecule has 3 fully saturated rings. The van der Waals surface area contributed by atoms with Crippen molar-refractivity contribution in [3.8, 4) is 5.75 Å². The van der Waals surface area contributed by atoms with Crippen LogP contribution >= 0.6 is 0 Å². The van der Waals surface area contributed by atoms with E-state index in [1.807, 2.05) is 19.2 Å². The number of hydrogen-bond acceptors (Lipinski definition) is 7. The Morgan fingerprint density at radius 2 is 2.09 bits per heavy atom. The minimum atomic E-state index is -1.03. The van der Waals surface area contributed by atoms with E-state index in [9.17, 15) is 10.2 Å². The Hall–Kier alpha value is -2.30. The highest BCUT2D eigenvalue weighted by atomic mass is 19.1. The maximum absolute atomic E-state index is 15.8. The molecule has 6 atom stereocenters. The monoisotopic (exact) mass is 483 g/mol. The van der Waals surface area contributed by atoms with Crippen LogP contribution < -0.4 is 10.9 Å². The molecule has 0 spiro atoms. The van der Waals surface area contributed by atoms with E-state index in [4.69, 9.17) is 4.74 Å². The van der Waals surface area contributed by atoms with Gasteiger partial charge in [-0.05, 0) is 48.1 Å². The van der Waals surface area contributed by atoms with Crippen molar-refractivity contribution in [2.45, 2.75) is 62.4 Å². The molecule has 6 rings (SSSR count). The van der Waals surface area contributed by atoms with Crippen LogP contribution in [0.3, 0.4) is 0 Å². The molecule has 1 saturated carbocycles. The Bertz CT molecular complexity index is 1100. The molecule has 4 aliphatic rings. The van der Waals surface area contributed by atoms with E-state index >= 15 is 4.39 Å². The summed E-state index contributed by atoms with van der Waals surface area (Å²) >= 11 is 0. The number of aromatic hydroxyl groups is 1. The van der Waals surface area contributed by atoms with Crippen molar-refractivity contribution in [3.63, 3.8) is 0 Å². The van der Waals surface area contributed by atoms with E-state index in [-0.39, 0.29) is 42.3 Å². The number of hydrogen-bond donors (Lipinski definition) is 5. The second-order valence-corrected chi connectivity index (χ2v) is 10.3. The third-order valence-corrected chi connectivity index (χ3v) is 8.43. The van der Waals surface area contributed by atoms with Gasteiger partial charge in [0, 0.05) is 18.4 Å². The molecule has 0 bridgehead atoms. The summed E-state index contributed by atoms with van der Waals surface area (Å²) in [5, 5.41) is 19.7. The number of aromatic nitrogens is 2. The number of nitrogens with one attached hydrogen (secondary N) is 3. The third kappa shape index (κ3) is 3.99. The van der Waals surface area contributed by atoms with Crippen molar-refractivity contribution in [2.24, 2.45) is 5.92 Å². The van der Waals surface area contributed by atoms with Gasteiger partial charge in [0.05, 0.1) is 55.9 Å². The summed E-state index contributed by atoms with van der Waals surface area (Å²) in [6.45, 7) is 4.30. The Morgan fingerprint density at radius 3 is 2.83 bits per heavy atom. The molecule has 4 heterocycles. The number of phenols is 1. The van der Waals surface area contributed by atoms with Crippen LogP contribution in [0.15, 0.2) is 30.5 Å². The largest absolute Gasteiger partial charge is 0.508 e. The molecular weight excluding hydrogens is 449 g/mol. The molecule has 5 N–H and O–H groups in total. The average Bonchev–Trinajstić information content (AvgIpc) is 3.56. The zero-order valence-electron chi connectivity index (χ0n) is 20.0. The van der Waals surface area contributed by atoms with Gasteiger partial charge in [0.1, 0.15) is 17.7 Å². The summed E-state index contributed by atoms with van der Waals surface area (Å²) in [4.78, 5) is 10.4. The van der Waals surface area contributed by atoms with Crippen LogP contribution in [-0.4, -0.2) is 75.7 Å². The lowest BCUT2D eigenvalue weighted by Gasteiger charge is -2.37. The first kappa shape index (κ1) is 23.1. The molecule has 5 unspecified atom stereocenters. The maximum atomic E-state index is 15.8. The van der Waals surface area contributed by atoms with Crippen molar-refractivity contribution in [2.75, 3.05) is 26.4 Å². The number of benzene rings is 1. The van der Waals surface area contributed by atoms with Crippen molar-refractivity contribution in [3.05, 3.63) is 53.1 Å². The zero-order valence-corrected chi connectivity index (χ0v) is 20.0. The first-order valence-electron chi connectivity index (χ1n) is 12.7. The van der Waals surface area contributed by atoms with Crippen LogP contribution in [0.4, 0.5) is 4.39 Å². The van der Waals surface area contributed by atoms with Gasteiger partial charge < -0.3 is 19.9 Å². The topological polar surface area (TPSA) is 106 Å². The highest BCUT2D eigenvalue weighted by Crippen LogP contribution is 2.45. The summed E-state index contributed by atoms with van der Waals surface area (Å²) in [6, 6.07) is 5.27. The molecule has 0 radical (unpaired) electrons. The van der Waals surface area contributed by atoms with Crippen molar-refractivity contribution in [1.29, 1.82) is 0 Å². The smallest absolute Gasteiger partial charge is 0.125 e. The molecule has 8 nitrogen and oxygen atoms in total. The fourth-order valence-electron chi connectivity index (χ4n) is 6.41. The van der Waals surface area contributed by atoms with Gasteiger partial charge in [0.25, 0.3) is 0 Å². The minimum absolute atomic E-state index is 0.00297. The van der Waals surface area contributed by atoms with E-state index in [0.29, 0.717) is 19.3 Å². The van der Waals surface area contributed by atoms with Crippen LogP contribution in [0.5, 0.6) is 5.75 Å². The lowest BCUT2D eigenvalue weighted by molar-refractivity contribution is -0.0707. The number of fused-ring (bicyclic) bond motifs is 1. The van der Waals surface area contributed by atoms with E-state index in [1.54, 1.807) is 12.1 Å². The number of ether oxygens (including phenoxy) is 1. The van der Waals surface area contributed by atoms with Crippen molar-refractivity contribution >= 4 is 5.57 Å². The van der Waals surface area contributed by atoms with Gasteiger partial charge in [-0.1, -0.05) is 19.1 Å². The highest BCUT2D eigenvalue weighted by molar-refractivity contribution is 5.67. The molecular formula is C26H34FN5O3. The molecule has 2 aromatic rings. The van der Waals surface area contributed by atoms with Gasteiger partial charge in [-0.3, -0.25) is 10.3 Å². The molecule has 35 heavy (non-hydrogen) atoms. The van der Waals surface area contributed by atoms with Crippen LogP contribution in [0.2, 0.25) is 0 Å². The number of alkyl halides is 1. The Balaban J connectivity index is 1.17. The Labute approximate surface area is 204 Å². The van der Waals surface area contributed by atoms with Crippen molar-refractivity contribution in [1.82, 2.24) is 25.7 Å². The molecule has 188 valence electrons. The van der Waals surface area contributed by atoms with E-state index < -0.39 is 6.17 Å². The maximum Gasteiger partial charge on any atom is 0.125 e. The number of halogens is 1. The first-order valence-corrected chi connectivity index (χ1v) is 12.7. The Kier molecular flexibility index (Phi) is 6.14. The molecule has 2 saturated heterocycles. The summed E-state index contributed by atoms with van der Waals surface area (Å²) in [6.07, 6.45) is 5.35. The first-order chi connectivity index (χ1) is 17.1. The quantitative estimate of drug-likeness (QED) is 0.429. The van der Waals surface area contributed by atoms with Gasteiger partial charge in [-0.25, -0.2) is 14.8 Å². The van der Waals surface area contributed by atoms with E-state index in [2.05, 4.69) is 31.8 Å². The third-order valence-electron chi connectivity index (χ3n) is 8.43. The number of aliphatic hydroxyl groups is 1. The van der Waals surface area contributed by atoms with Crippen molar-refractivity contribution < 1.29 is 19.3 Å². The molecule has 3 aliphatic heterocycles. The lowest BCUT2D eigenvalue weighted by Crippen LogP contribution is -2.52. The van der Waals surface area contributed by atoms with Gasteiger partial charge in [0.15, 0.2) is 0 Å². The molecule has 1 aromatic heterocycles. The second kappa shape index (κ2) is 9.29. The number of hydrazine groups is 1. The van der Waals surface area contributed by atoms with E-state index in [0.717, 1.165) is 54.0 Å². The van der Waals surface area contributed by atoms with Gasteiger partial charge in [-0.15, -0.1) is 0 Å². The van der Waals surface area contributed by atoms with Gasteiger partial charge in [0.2, 0.25) is 0 Å². The Morgan fingerprint density at radius 1 is 1.23 bits per heavy atom.